The Labute approximate surface area is 129 Å². The largest absolute Gasteiger partial charge is 0.457 e. The molecule has 1 aromatic heterocycles. The number of para-hydroxylation sites is 1. The van der Waals surface area contributed by atoms with Crippen LogP contribution in [-0.2, 0) is 6.18 Å². The molecule has 0 fully saturated rings. The molecule has 0 aliphatic rings. The average Bonchev–Trinajstić information content (AvgIpc) is 2.54. The van der Waals surface area contributed by atoms with E-state index in [0.29, 0.717) is 16.7 Å². The fourth-order valence-corrected chi connectivity index (χ4v) is 2.12. The van der Waals surface area contributed by atoms with Crippen LogP contribution in [0.25, 0.3) is 10.9 Å². The highest BCUT2D eigenvalue weighted by molar-refractivity contribution is 5.85. The molecular formula is C17H9F3N2O. The number of pyridine rings is 1. The van der Waals surface area contributed by atoms with Gasteiger partial charge in [-0.3, -0.25) is 0 Å². The van der Waals surface area contributed by atoms with Crippen LogP contribution in [0.4, 0.5) is 13.2 Å². The third-order valence-electron chi connectivity index (χ3n) is 3.20. The SMILES string of the molecule is N#Cc1cc(Oc2ccc(C(F)(F)F)cc2)c2ccccc2n1. The van der Waals surface area contributed by atoms with Crippen LogP contribution in [0.3, 0.4) is 0 Å². The van der Waals surface area contributed by atoms with Gasteiger partial charge in [0, 0.05) is 11.5 Å². The normalized spacial score (nSPS) is 11.2. The first kappa shape index (κ1) is 14.9. The number of hydrogen-bond donors (Lipinski definition) is 0. The molecular weight excluding hydrogens is 305 g/mol. The molecule has 0 saturated carbocycles. The Morgan fingerprint density at radius 1 is 1.00 bits per heavy atom. The summed E-state index contributed by atoms with van der Waals surface area (Å²) < 4.78 is 43.3. The van der Waals surface area contributed by atoms with E-state index in [1.54, 1.807) is 24.3 Å². The van der Waals surface area contributed by atoms with Crippen molar-refractivity contribution in [2.75, 3.05) is 0 Å². The summed E-state index contributed by atoms with van der Waals surface area (Å²) in [5.41, 5.74) is 0.00113. The first-order valence-electron chi connectivity index (χ1n) is 6.62. The van der Waals surface area contributed by atoms with Crippen LogP contribution in [0.2, 0.25) is 0 Å². The summed E-state index contributed by atoms with van der Waals surface area (Å²) in [6, 6.07) is 14.8. The van der Waals surface area contributed by atoms with Crippen molar-refractivity contribution in [1.29, 1.82) is 5.26 Å². The Bertz CT molecular complexity index is 896. The van der Waals surface area contributed by atoms with E-state index < -0.39 is 11.7 Å². The number of hydrogen-bond acceptors (Lipinski definition) is 3. The standard InChI is InChI=1S/C17H9F3N2O/c18-17(19,20)11-5-7-13(8-6-11)23-16-9-12(10-21)22-15-4-2-1-3-14(15)16/h1-9H. The van der Waals surface area contributed by atoms with E-state index >= 15 is 0 Å². The van der Waals surface area contributed by atoms with Crippen molar-refractivity contribution in [3.63, 3.8) is 0 Å². The summed E-state index contributed by atoms with van der Waals surface area (Å²) in [5, 5.41) is 9.69. The van der Waals surface area contributed by atoms with Gasteiger partial charge in [0.25, 0.3) is 0 Å². The molecule has 0 aliphatic heterocycles. The predicted molar refractivity (Wildman–Crippen MR) is 78.0 cm³/mol. The Kier molecular flexibility index (Phi) is 3.62. The highest BCUT2D eigenvalue weighted by Gasteiger charge is 2.30. The number of nitrogens with zero attached hydrogens (tertiary/aromatic N) is 2. The van der Waals surface area contributed by atoms with Crippen molar-refractivity contribution < 1.29 is 17.9 Å². The topological polar surface area (TPSA) is 45.9 Å². The van der Waals surface area contributed by atoms with Crippen LogP contribution >= 0.6 is 0 Å². The van der Waals surface area contributed by atoms with E-state index in [9.17, 15) is 13.2 Å². The van der Waals surface area contributed by atoms with Crippen LogP contribution in [-0.4, -0.2) is 4.98 Å². The maximum atomic E-state index is 12.6. The minimum atomic E-state index is -4.39. The van der Waals surface area contributed by atoms with Gasteiger partial charge >= 0.3 is 6.18 Å². The molecule has 3 aromatic rings. The van der Waals surface area contributed by atoms with Gasteiger partial charge in [-0.05, 0) is 36.4 Å². The number of benzene rings is 2. The lowest BCUT2D eigenvalue weighted by Crippen LogP contribution is -2.04. The van der Waals surface area contributed by atoms with Gasteiger partial charge in [-0.15, -0.1) is 0 Å². The van der Waals surface area contributed by atoms with E-state index in [0.717, 1.165) is 12.1 Å². The van der Waals surface area contributed by atoms with Gasteiger partial charge in [-0.2, -0.15) is 18.4 Å². The molecule has 0 saturated heterocycles. The summed E-state index contributed by atoms with van der Waals surface area (Å²) in [6.45, 7) is 0. The molecule has 0 amide bonds. The van der Waals surface area contributed by atoms with Gasteiger partial charge < -0.3 is 4.74 Å². The second kappa shape index (κ2) is 5.61. The third-order valence-corrected chi connectivity index (χ3v) is 3.20. The zero-order valence-electron chi connectivity index (χ0n) is 11.6. The van der Waals surface area contributed by atoms with Crippen molar-refractivity contribution in [3.05, 3.63) is 65.9 Å². The lowest BCUT2D eigenvalue weighted by atomic mass is 10.2. The molecule has 0 atom stereocenters. The maximum absolute atomic E-state index is 12.6. The second-order valence-electron chi connectivity index (χ2n) is 4.76. The van der Waals surface area contributed by atoms with E-state index in [2.05, 4.69) is 4.98 Å². The number of alkyl halides is 3. The fraction of sp³-hybridized carbons (Fsp3) is 0.0588. The monoisotopic (exact) mass is 314 g/mol. The van der Waals surface area contributed by atoms with Crippen LogP contribution in [0, 0.1) is 11.3 Å². The molecule has 114 valence electrons. The average molecular weight is 314 g/mol. The molecule has 2 aromatic carbocycles. The number of aromatic nitrogens is 1. The molecule has 0 N–H and O–H groups in total. The van der Waals surface area contributed by atoms with Crippen LogP contribution in [0.15, 0.2) is 54.6 Å². The Morgan fingerprint density at radius 3 is 2.35 bits per heavy atom. The molecule has 3 rings (SSSR count). The number of ether oxygens (including phenoxy) is 1. The molecule has 6 heteroatoms. The Morgan fingerprint density at radius 2 is 1.70 bits per heavy atom. The first-order chi connectivity index (χ1) is 11.0. The van der Waals surface area contributed by atoms with Gasteiger partial charge in [0.05, 0.1) is 11.1 Å². The van der Waals surface area contributed by atoms with E-state index in [4.69, 9.17) is 10.00 Å². The summed E-state index contributed by atoms with van der Waals surface area (Å²) in [6.07, 6.45) is -4.39. The van der Waals surface area contributed by atoms with Gasteiger partial charge in [-0.25, -0.2) is 4.98 Å². The van der Waals surface area contributed by atoms with Crippen LogP contribution in [0.5, 0.6) is 11.5 Å². The number of rotatable bonds is 2. The quantitative estimate of drug-likeness (QED) is 0.674. The molecule has 3 nitrogen and oxygen atoms in total. The number of fused-ring (bicyclic) bond motifs is 1. The minimum Gasteiger partial charge on any atom is -0.457 e. The molecule has 0 unspecified atom stereocenters. The number of halogens is 3. The van der Waals surface area contributed by atoms with Crippen molar-refractivity contribution in [1.82, 2.24) is 4.98 Å². The van der Waals surface area contributed by atoms with Gasteiger partial charge in [-0.1, -0.05) is 12.1 Å². The smallest absolute Gasteiger partial charge is 0.416 e. The lowest BCUT2D eigenvalue weighted by molar-refractivity contribution is -0.137. The van der Waals surface area contributed by atoms with Crippen LogP contribution in [0.1, 0.15) is 11.3 Å². The summed E-state index contributed by atoms with van der Waals surface area (Å²) in [4.78, 5) is 4.15. The summed E-state index contributed by atoms with van der Waals surface area (Å²) in [5.74, 6) is 0.616. The highest BCUT2D eigenvalue weighted by Crippen LogP contribution is 2.33. The van der Waals surface area contributed by atoms with Gasteiger partial charge in [0.2, 0.25) is 0 Å². The maximum Gasteiger partial charge on any atom is 0.416 e. The highest BCUT2D eigenvalue weighted by atomic mass is 19.4. The zero-order chi connectivity index (χ0) is 16.4. The minimum absolute atomic E-state index is 0.172. The van der Waals surface area contributed by atoms with E-state index in [-0.39, 0.29) is 11.4 Å². The molecule has 0 radical (unpaired) electrons. The van der Waals surface area contributed by atoms with Gasteiger partial charge in [0.15, 0.2) is 0 Å². The van der Waals surface area contributed by atoms with Crippen LogP contribution < -0.4 is 4.74 Å². The zero-order valence-corrected chi connectivity index (χ0v) is 11.6. The number of nitriles is 1. The molecule has 23 heavy (non-hydrogen) atoms. The molecule has 0 spiro atoms. The fourth-order valence-electron chi connectivity index (χ4n) is 2.12. The molecule has 0 bridgehead atoms. The van der Waals surface area contributed by atoms with E-state index in [1.807, 2.05) is 6.07 Å². The van der Waals surface area contributed by atoms with E-state index in [1.165, 1.54) is 18.2 Å². The van der Waals surface area contributed by atoms with Crippen molar-refractivity contribution >= 4 is 10.9 Å². The summed E-state index contributed by atoms with van der Waals surface area (Å²) >= 11 is 0. The Balaban J connectivity index is 2.00. The van der Waals surface area contributed by atoms with Crippen molar-refractivity contribution in [3.8, 4) is 17.6 Å². The van der Waals surface area contributed by atoms with Gasteiger partial charge in [0.1, 0.15) is 23.3 Å². The molecule has 0 aliphatic carbocycles. The summed E-state index contributed by atoms with van der Waals surface area (Å²) in [7, 11) is 0. The Hall–Kier alpha value is -3.07. The third kappa shape index (κ3) is 3.09. The first-order valence-corrected chi connectivity index (χ1v) is 6.62. The van der Waals surface area contributed by atoms with Crippen molar-refractivity contribution in [2.24, 2.45) is 0 Å². The lowest BCUT2D eigenvalue weighted by Gasteiger charge is -2.11. The second-order valence-corrected chi connectivity index (χ2v) is 4.76. The predicted octanol–water partition coefficient (Wildman–Crippen LogP) is 4.92. The molecule has 1 heterocycles. The van der Waals surface area contributed by atoms with Crippen molar-refractivity contribution in [2.45, 2.75) is 6.18 Å².